The van der Waals surface area contributed by atoms with Gasteiger partial charge in [0.1, 0.15) is 6.10 Å². The second kappa shape index (κ2) is 7.96. The summed E-state index contributed by atoms with van der Waals surface area (Å²) in [7, 11) is 0. The van der Waals surface area contributed by atoms with E-state index < -0.39 is 11.7 Å². The Morgan fingerprint density at radius 2 is 1.87 bits per heavy atom. The van der Waals surface area contributed by atoms with Crippen LogP contribution in [-0.4, -0.2) is 35.5 Å². The van der Waals surface area contributed by atoms with E-state index in [1.807, 2.05) is 0 Å². The van der Waals surface area contributed by atoms with Gasteiger partial charge >= 0.3 is 12.1 Å². The zero-order chi connectivity index (χ0) is 22.4. The van der Waals surface area contributed by atoms with E-state index in [1.54, 1.807) is 0 Å². The maximum atomic E-state index is 12.1. The van der Waals surface area contributed by atoms with Gasteiger partial charge < -0.3 is 14.6 Å². The van der Waals surface area contributed by atoms with Gasteiger partial charge in [-0.25, -0.2) is 4.79 Å². The minimum absolute atomic E-state index is 0.0330. The van der Waals surface area contributed by atoms with Gasteiger partial charge in [0, 0.05) is 28.3 Å². The molecule has 8 atom stereocenters. The zero-order valence-corrected chi connectivity index (χ0v) is 18.9. The molecule has 0 radical (unpaired) electrons. The maximum Gasteiger partial charge on any atom is 0.396 e. The predicted molar refractivity (Wildman–Crippen MR) is 113 cm³/mol. The lowest BCUT2D eigenvalue weighted by molar-refractivity contribution is -0.213. The molecule has 0 aromatic heterocycles. The van der Waals surface area contributed by atoms with Crippen LogP contribution >= 0.6 is 0 Å². The lowest BCUT2D eigenvalue weighted by Crippen LogP contribution is -2.62. The van der Waals surface area contributed by atoms with Crippen molar-refractivity contribution in [2.75, 3.05) is 6.61 Å². The standard InChI is InChI=1S/C23H35N3O5/c1-14(27)31-17-7-9-21(2)15(12-17)4-5-19-18(21)8-10-22(3)16(6-11-23(19,22)29)13-30-20(28)25-26-24/h15-19,29H,4-13H2,1-3H3/t15-,16-,17+,18+,19-,21+,22-,23+/m1/s1. The number of azide groups is 1. The van der Waals surface area contributed by atoms with Crippen molar-refractivity contribution < 1.29 is 24.2 Å². The average molecular weight is 434 g/mol. The number of esters is 1. The van der Waals surface area contributed by atoms with Crippen LogP contribution in [0.3, 0.4) is 0 Å². The van der Waals surface area contributed by atoms with Crippen LogP contribution in [0.2, 0.25) is 0 Å². The smallest absolute Gasteiger partial charge is 0.396 e. The molecule has 0 aromatic rings. The molecule has 4 saturated carbocycles. The zero-order valence-electron chi connectivity index (χ0n) is 18.9. The molecule has 4 aliphatic carbocycles. The van der Waals surface area contributed by atoms with Crippen LogP contribution in [0.5, 0.6) is 0 Å². The summed E-state index contributed by atoms with van der Waals surface area (Å²) < 4.78 is 10.7. The van der Waals surface area contributed by atoms with Gasteiger partial charge in [-0.05, 0) is 86.5 Å². The van der Waals surface area contributed by atoms with E-state index >= 15 is 0 Å². The van der Waals surface area contributed by atoms with Gasteiger partial charge in [0.25, 0.3) is 0 Å². The normalized spacial score (nSPS) is 46.0. The molecule has 8 nitrogen and oxygen atoms in total. The lowest BCUT2D eigenvalue weighted by atomic mass is 9.43. The van der Waals surface area contributed by atoms with Gasteiger partial charge in [0.2, 0.25) is 0 Å². The van der Waals surface area contributed by atoms with Crippen LogP contribution in [0.4, 0.5) is 4.79 Å². The Bertz CT molecular complexity index is 798. The topological polar surface area (TPSA) is 122 Å². The second-order valence-electron chi connectivity index (χ2n) is 10.9. The number of rotatable bonds is 3. The van der Waals surface area contributed by atoms with Gasteiger partial charge in [-0.15, -0.1) is 0 Å². The van der Waals surface area contributed by atoms with E-state index in [9.17, 15) is 14.7 Å². The number of aliphatic hydroxyl groups is 1. The van der Waals surface area contributed by atoms with Crippen molar-refractivity contribution in [2.45, 2.75) is 90.3 Å². The lowest BCUT2D eigenvalue weighted by Gasteiger charge is -2.63. The molecule has 0 saturated heterocycles. The Hall–Kier alpha value is -1.79. The number of hydrogen-bond acceptors (Lipinski definition) is 5. The van der Waals surface area contributed by atoms with Crippen molar-refractivity contribution in [3.05, 3.63) is 10.4 Å². The van der Waals surface area contributed by atoms with Gasteiger partial charge in [-0.1, -0.05) is 13.8 Å². The van der Waals surface area contributed by atoms with Crippen LogP contribution in [0.25, 0.3) is 10.4 Å². The molecule has 4 fully saturated rings. The third-order valence-corrected chi connectivity index (χ3v) is 9.86. The molecule has 172 valence electrons. The van der Waals surface area contributed by atoms with E-state index in [1.165, 1.54) is 6.92 Å². The summed E-state index contributed by atoms with van der Waals surface area (Å²) >= 11 is 0. The third-order valence-electron chi connectivity index (χ3n) is 9.86. The summed E-state index contributed by atoms with van der Waals surface area (Å²) in [5.74, 6) is 1.12. The number of fused-ring (bicyclic) bond motifs is 5. The van der Waals surface area contributed by atoms with Crippen LogP contribution in [0.15, 0.2) is 5.11 Å². The molecule has 31 heavy (non-hydrogen) atoms. The molecule has 0 bridgehead atoms. The SMILES string of the molecule is CC(=O)O[C@H]1CC[C@@]2(C)[C@H](CC[C@@H]3[C@@H]2CC[C@]2(C)[C@@H](COC(=O)N=[N+]=[N-])CC[C@]32O)C1. The first-order valence-electron chi connectivity index (χ1n) is 11.8. The van der Waals surface area contributed by atoms with Crippen molar-refractivity contribution >= 4 is 12.1 Å². The van der Waals surface area contributed by atoms with Gasteiger partial charge in [-0.3, -0.25) is 4.79 Å². The number of carbonyl (C=O) groups excluding carboxylic acids is 2. The summed E-state index contributed by atoms with van der Waals surface area (Å²) in [6.07, 6.45) is 7.59. The Kier molecular flexibility index (Phi) is 5.76. The number of amides is 1. The number of ether oxygens (including phenoxy) is 2. The fourth-order valence-corrected chi connectivity index (χ4v) is 8.14. The van der Waals surface area contributed by atoms with Gasteiger partial charge in [0.15, 0.2) is 0 Å². The first-order chi connectivity index (χ1) is 14.6. The number of nitrogens with zero attached hydrogens (tertiary/aromatic N) is 3. The van der Waals surface area contributed by atoms with Gasteiger partial charge in [0.05, 0.1) is 12.2 Å². The molecule has 0 aromatic carbocycles. The van der Waals surface area contributed by atoms with Crippen LogP contribution < -0.4 is 0 Å². The van der Waals surface area contributed by atoms with Gasteiger partial charge in [-0.2, -0.15) is 0 Å². The van der Waals surface area contributed by atoms with Crippen LogP contribution in [0.1, 0.15) is 78.6 Å². The van der Waals surface area contributed by atoms with Crippen molar-refractivity contribution in [3.63, 3.8) is 0 Å². The van der Waals surface area contributed by atoms with E-state index in [2.05, 4.69) is 23.9 Å². The maximum absolute atomic E-state index is 12.1. The molecule has 0 unspecified atom stereocenters. The highest BCUT2D eigenvalue weighted by molar-refractivity contribution is 5.68. The van der Waals surface area contributed by atoms with Crippen LogP contribution in [0, 0.1) is 34.5 Å². The highest BCUT2D eigenvalue weighted by Crippen LogP contribution is 2.69. The molecule has 0 heterocycles. The minimum Gasteiger partial charge on any atom is -0.463 e. The first-order valence-corrected chi connectivity index (χ1v) is 11.8. The fraction of sp³-hybridized carbons (Fsp3) is 0.913. The monoisotopic (exact) mass is 433 g/mol. The van der Waals surface area contributed by atoms with Crippen LogP contribution in [-0.2, 0) is 14.3 Å². The Balaban J connectivity index is 1.50. The average Bonchev–Trinajstić information content (AvgIpc) is 2.97. The molecule has 0 spiro atoms. The Labute approximate surface area is 183 Å². The molecule has 1 amide bonds. The Morgan fingerprint density at radius 1 is 1.10 bits per heavy atom. The molecule has 4 aliphatic rings. The largest absolute Gasteiger partial charge is 0.463 e. The predicted octanol–water partition coefficient (Wildman–Crippen LogP) is 5.14. The quantitative estimate of drug-likeness (QED) is 0.286. The highest BCUT2D eigenvalue weighted by atomic mass is 16.5. The van der Waals surface area contributed by atoms with Crippen molar-refractivity contribution in [1.29, 1.82) is 0 Å². The molecule has 1 N–H and O–H groups in total. The third kappa shape index (κ3) is 3.52. The molecule has 0 aliphatic heterocycles. The van der Waals surface area contributed by atoms with Crippen molar-refractivity contribution in [3.8, 4) is 0 Å². The van der Waals surface area contributed by atoms with Crippen molar-refractivity contribution in [2.24, 2.45) is 39.6 Å². The number of carbonyl (C=O) groups is 2. The summed E-state index contributed by atoms with van der Waals surface area (Å²) in [6.45, 7) is 6.24. The summed E-state index contributed by atoms with van der Waals surface area (Å²) in [6, 6.07) is 0. The van der Waals surface area contributed by atoms with E-state index in [0.717, 1.165) is 57.8 Å². The second-order valence-corrected chi connectivity index (χ2v) is 10.9. The Morgan fingerprint density at radius 3 is 2.58 bits per heavy atom. The van der Waals surface area contributed by atoms with E-state index in [4.69, 9.17) is 15.0 Å². The first kappa shape index (κ1) is 22.4. The molecular weight excluding hydrogens is 398 g/mol. The van der Waals surface area contributed by atoms with E-state index in [-0.39, 0.29) is 41.3 Å². The summed E-state index contributed by atoms with van der Waals surface area (Å²) in [4.78, 5) is 25.5. The molecule has 4 rings (SSSR count). The molecule has 8 heteroatoms. The summed E-state index contributed by atoms with van der Waals surface area (Å²) in [5.41, 5.74) is 7.52. The number of hydrogen-bond donors (Lipinski definition) is 1. The summed E-state index contributed by atoms with van der Waals surface area (Å²) in [5, 5.41) is 15.1. The van der Waals surface area contributed by atoms with E-state index in [0.29, 0.717) is 11.8 Å². The minimum atomic E-state index is -0.896. The highest BCUT2D eigenvalue weighted by Gasteiger charge is 2.67. The fourth-order valence-electron chi connectivity index (χ4n) is 8.14. The van der Waals surface area contributed by atoms with Crippen molar-refractivity contribution in [1.82, 2.24) is 0 Å². The molecular formula is C23H35N3O5.